The molecule has 0 saturated heterocycles. The van der Waals surface area contributed by atoms with Crippen molar-refractivity contribution in [1.29, 1.82) is 0 Å². The second kappa shape index (κ2) is 5.60. The standard InChI is InChI=1S/C13H9F3N2O2/c14-11-4-8(5-12(15)13(11)16)7-17-9-2-1-3-10(6-9)18(19)20/h1-6,17H,7H2. The highest BCUT2D eigenvalue weighted by Crippen LogP contribution is 2.19. The van der Waals surface area contributed by atoms with Crippen LogP contribution in [0.4, 0.5) is 24.5 Å². The van der Waals surface area contributed by atoms with Gasteiger partial charge in [0.25, 0.3) is 5.69 Å². The van der Waals surface area contributed by atoms with Crippen LogP contribution in [-0.4, -0.2) is 4.92 Å². The molecule has 0 amide bonds. The van der Waals surface area contributed by atoms with Crippen molar-refractivity contribution in [2.45, 2.75) is 6.54 Å². The van der Waals surface area contributed by atoms with Crippen LogP contribution in [0.15, 0.2) is 36.4 Å². The van der Waals surface area contributed by atoms with Crippen LogP contribution in [0.25, 0.3) is 0 Å². The first-order valence-corrected chi connectivity index (χ1v) is 5.59. The molecule has 2 aromatic rings. The SMILES string of the molecule is O=[N+]([O-])c1cccc(NCc2cc(F)c(F)c(F)c2)c1. The van der Waals surface area contributed by atoms with Gasteiger partial charge in [0.15, 0.2) is 17.5 Å². The average Bonchev–Trinajstić information content (AvgIpc) is 2.42. The molecule has 0 saturated carbocycles. The van der Waals surface area contributed by atoms with Crippen molar-refractivity contribution in [3.05, 3.63) is 69.5 Å². The third kappa shape index (κ3) is 3.05. The van der Waals surface area contributed by atoms with Gasteiger partial charge in [0.2, 0.25) is 0 Å². The lowest BCUT2D eigenvalue weighted by Gasteiger charge is -2.07. The van der Waals surface area contributed by atoms with Gasteiger partial charge in [-0.3, -0.25) is 10.1 Å². The Morgan fingerprint density at radius 3 is 2.35 bits per heavy atom. The van der Waals surface area contributed by atoms with Crippen LogP contribution < -0.4 is 5.32 Å². The predicted molar refractivity (Wildman–Crippen MR) is 66.7 cm³/mol. The average molecular weight is 282 g/mol. The van der Waals surface area contributed by atoms with Crippen LogP contribution in [0.1, 0.15) is 5.56 Å². The minimum atomic E-state index is -1.52. The summed E-state index contributed by atoms with van der Waals surface area (Å²) >= 11 is 0. The Hall–Kier alpha value is -2.57. The fourth-order valence-electron chi connectivity index (χ4n) is 1.64. The van der Waals surface area contributed by atoms with E-state index in [1.54, 1.807) is 6.07 Å². The van der Waals surface area contributed by atoms with Gasteiger partial charge in [0.1, 0.15) is 0 Å². The number of rotatable bonds is 4. The van der Waals surface area contributed by atoms with E-state index in [2.05, 4.69) is 5.32 Å². The van der Waals surface area contributed by atoms with Gasteiger partial charge in [-0.15, -0.1) is 0 Å². The molecule has 0 aliphatic carbocycles. The normalized spacial score (nSPS) is 10.3. The molecule has 0 unspecified atom stereocenters. The molecule has 0 fully saturated rings. The number of non-ortho nitro benzene ring substituents is 1. The Bertz CT molecular complexity index is 639. The molecule has 0 aliphatic rings. The van der Waals surface area contributed by atoms with Crippen LogP contribution in [0.3, 0.4) is 0 Å². The number of nitro groups is 1. The Morgan fingerprint density at radius 2 is 1.75 bits per heavy atom. The third-order valence-corrected chi connectivity index (χ3v) is 2.60. The van der Waals surface area contributed by atoms with Gasteiger partial charge in [-0.05, 0) is 23.8 Å². The maximum atomic E-state index is 13.0. The fraction of sp³-hybridized carbons (Fsp3) is 0.0769. The zero-order chi connectivity index (χ0) is 14.7. The summed E-state index contributed by atoms with van der Waals surface area (Å²) in [5.74, 6) is -4.08. The Balaban J connectivity index is 2.13. The zero-order valence-corrected chi connectivity index (χ0v) is 10.1. The molecule has 0 bridgehead atoms. The van der Waals surface area contributed by atoms with Gasteiger partial charge in [0.05, 0.1) is 4.92 Å². The van der Waals surface area contributed by atoms with E-state index in [1.807, 2.05) is 0 Å². The highest BCUT2D eigenvalue weighted by Gasteiger charge is 2.11. The van der Waals surface area contributed by atoms with E-state index in [-0.39, 0.29) is 17.8 Å². The van der Waals surface area contributed by atoms with Crippen LogP contribution >= 0.6 is 0 Å². The van der Waals surface area contributed by atoms with Crippen molar-refractivity contribution in [3.8, 4) is 0 Å². The van der Waals surface area contributed by atoms with Crippen LogP contribution in [0.2, 0.25) is 0 Å². The van der Waals surface area contributed by atoms with E-state index < -0.39 is 22.4 Å². The van der Waals surface area contributed by atoms with Gasteiger partial charge in [-0.1, -0.05) is 6.07 Å². The van der Waals surface area contributed by atoms with Gasteiger partial charge >= 0.3 is 0 Å². The number of nitro benzene ring substituents is 1. The number of hydrogen-bond acceptors (Lipinski definition) is 3. The molecule has 0 heterocycles. The quantitative estimate of drug-likeness (QED) is 0.529. The predicted octanol–water partition coefficient (Wildman–Crippen LogP) is 3.62. The minimum absolute atomic E-state index is 0.00921. The molecule has 2 aromatic carbocycles. The molecule has 7 heteroatoms. The summed E-state index contributed by atoms with van der Waals surface area (Å²) < 4.78 is 38.8. The number of hydrogen-bond donors (Lipinski definition) is 1. The topological polar surface area (TPSA) is 55.2 Å². The number of nitrogens with zero attached hydrogens (tertiary/aromatic N) is 1. The second-order valence-electron chi connectivity index (χ2n) is 4.03. The van der Waals surface area contributed by atoms with E-state index in [1.165, 1.54) is 18.2 Å². The Labute approximate surface area is 112 Å². The number of anilines is 1. The summed E-state index contributed by atoms with van der Waals surface area (Å²) in [6.07, 6.45) is 0. The minimum Gasteiger partial charge on any atom is -0.381 e. The highest BCUT2D eigenvalue weighted by atomic mass is 19.2. The molecule has 0 spiro atoms. The monoisotopic (exact) mass is 282 g/mol. The van der Waals surface area contributed by atoms with Crippen LogP contribution in [0, 0.1) is 27.6 Å². The number of nitrogens with one attached hydrogen (secondary N) is 1. The van der Waals surface area contributed by atoms with E-state index in [0.29, 0.717) is 5.69 Å². The molecule has 0 atom stereocenters. The summed E-state index contributed by atoms with van der Waals surface area (Å²) in [4.78, 5) is 10.0. The first kappa shape index (κ1) is 13.9. The van der Waals surface area contributed by atoms with Crippen LogP contribution in [0.5, 0.6) is 0 Å². The molecule has 0 aliphatic heterocycles. The lowest BCUT2D eigenvalue weighted by Crippen LogP contribution is -2.02. The molecule has 0 aromatic heterocycles. The van der Waals surface area contributed by atoms with Gasteiger partial charge in [0, 0.05) is 24.4 Å². The Morgan fingerprint density at radius 1 is 1.10 bits per heavy atom. The van der Waals surface area contributed by atoms with Crippen molar-refractivity contribution in [2.75, 3.05) is 5.32 Å². The van der Waals surface area contributed by atoms with Crippen molar-refractivity contribution in [2.24, 2.45) is 0 Å². The molecule has 1 N–H and O–H groups in total. The molecular weight excluding hydrogens is 273 g/mol. The maximum absolute atomic E-state index is 13.0. The summed E-state index contributed by atoms with van der Waals surface area (Å²) in [5, 5.41) is 13.4. The first-order chi connectivity index (χ1) is 9.47. The molecule has 2 rings (SSSR count). The summed E-state index contributed by atoms with van der Waals surface area (Å²) in [7, 11) is 0. The molecular formula is C13H9F3N2O2. The summed E-state index contributed by atoms with van der Waals surface area (Å²) in [6, 6.07) is 7.39. The maximum Gasteiger partial charge on any atom is 0.271 e. The highest BCUT2D eigenvalue weighted by molar-refractivity contribution is 5.51. The Kier molecular flexibility index (Phi) is 3.88. The van der Waals surface area contributed by atoms with Gasteiger partial charge in [-0.2, -0.15) is 0 Å². The molecule has 4 nitrogen and oxygen atoms in total. The molecule has 104 valence electrons. The number of halogens is 3. The van der Waals surface area contributed by atoms with E-state index in [0.717, 1.165) is 12.1 Å². The van der Waals surface area contributed by atoms with Gasteiger partial charge < -0.3 is 5.32 Å². The second-order valence-corrected chi connectivity index (χ2v) is 4.03. The summed E-state index contributed by atoms with van der Waals surface area (Å²) in [5.41, 5.74) is 0.503. The largest absolute Gasteiger partial charge is 0.381 e. The van der Waals surface area contributed by atoms with Crippen molar-refractivity contribution in [1.82, 2.24) is 0 Å². The fourth-order valence-corrected chi connectivity index (χ4v) is 1.64. The third-order valence-electron chi connectivity index (χ3n) is 2.60. The van der Waals surface area contributed by atoms with Gasteiger partial charge in [-0.25, -0.2) is 13.2 Å². The lowest BCUT2D eigenvalue weighted by atomic mass is 10.2. The lowest BCUT2D eigenvalue weighted by molar-refractivity contribution is -0.384. The van der Waals surface area contributed by atoms with Crippen molar-refractivity contribution < 1.29 is 18.1 Å². The smallest absolute Gasteiger partial charge is 0.271 e. The van der Waals surface area contributed by atoms with Crippen molar-refractivity contribution in [3.63, 3.8) is 0 Å². The van der Waals surface area contributed by atoms with E-state index in [4.69, 9.17) is 0 Å². The van der Waals surface area contributed by atoms with E-state index in [9.17, 15) is 23.3 Å². The zero-order valence-electron chi connectivity index (χ0n) is 10.1. The van der Waals surface area contributed by atoms with E-state index >= 15 is 0 Å². The van der Waals surface area contributed by atoms with Crippen LogP contribution in [-0.2, 0) is 6.54 Å². The number of benzene rings is 2. The molecule has 0 radical (unpaired) electrons. The first-order valence-electron chi connectivity index (χ1n) is 5.59. The molecule has 20 heavy (non-hydrogen) atoms. The summed E-state index contributed by atoms with van der Waals surface area (Å²) in [6.45, 7) is 0.00921. The van der Waals surface area contributed by atoms with Crippen molar-refractivity contribution >= 4 is 11.4 Å².